The van der Waals surface area contributed by atoms with Gasteiger partial charge in [0.25, 0.3) is 0 Å². The molecule has 3 heteroatoms. The van der Waals surface area contributed by atoms with Crippen molar-refractivity contribution in [3.63, 3.8) is 0 Å². The van der Waals surface area contributed by atoms with Crippen LogP contribution in [0.25, 0.3) is 0 Å². The third-order valence-corrected chi connectivity index (χ3v) is 3.70. The standard InChI is InChI=1S/C14H22N2O/c1-11-4-3-5-12(2)14(11)16-8-6-13(7-9-16)10-17-15/h3-5,13H,6-10,15H2,1-2H3. The number of rotatable bonds is 3. The van der Waals surface area contributed by atoms with Crippen LogP contribution in [-0.2, 0) is 4.84 Å². The van der Waals surface area contributed by atoms with Crippen LogP contribution in [0.15, 0.2) is 18.2 Å². The van der Waals surface area contributed by atoms with Crippen LogP contribution in [0.1, 0.15) is 24.0 Å². The number of aryl methyl sites for hydroxylation is 2. The zero-order valence-corrected chi connectivity index (χ0v) is 10.8. The van der Waals surface area contributed by atoms with Gasteiger partial charge in [0.15, 0.2) is 0 Å². The fourth-order valence-electron chi connectivity index (χ4n) is 2.76. The van der Waals surface area contributed by atoms with Gasteiger partial charge in [0.1, 0.15) is 0 Å². The van der Waals surface area contributed by atoms with Crippen molar-refractivity contribution in [3.8, 4) is 0 Å². The summed E-state index contributed by atoms with van der Waals surface area (Å²) in [4.78, 5) is 7.25. The van der Waals surface area contributed by atoms with Crippen molar-refractivity contribution in [1.82, 2.24) is 0 Å². The number of nitrogens with two attached hydrogens (primary N) is 1. The van der Waals surface area contributed by atoms with E-state index in [-0.39, 0.29) is 0 Å². The highest BCUT2D eigenvalue weighted by molar-refractivity contribution is 5.59. The lowest BCUT2D eigenvalue weighted by molar-refractivity contribution is 0.0918. The molecule has 3 nitrogen and oxygen atoms in total. The first kappa shape index (κ1) is 12.4. The minimum absolute atomic E-state index is 0.626. The van der Waals surface area contributed by atoms with Crippen LogP contribution in [0.5, 0.6) is 0 Å². The minimum atomic E-state index is 0.626. The molecule has 1 heterocycles. The number of para-hydroxylation sites is 1. The van der Waals surface area contributed by atoms with Crippen LogP contribution >= 0.6 is 0 Å². The summed E-state index contributed by atoms with van der Waals surface area (Å²) < 4.78 is 0. The third-order valence-electron chi connectivity index (χ3n) is 3.70. The summed E-state index contributed by atoms with van der Waals surface area (Å²) in [6.45, 7) is 7.30. The lowest BCUT2D eigenvalue weighted by Gasteiger charge is -2.35. The summed E-state index contributed by atoms with van der Waals surface area (Å²) in [5, 5.41) is 0. The highest BCUT2D eigenvalue weighted by Crippen LogP contribution is 2.28. The highest BCUT2D eigenvalue weighted by atomic mass is 16.6. The van der Waals surface area contributed by atoms with Gasteiger partial charge in [0, 0.05) is 18.8 Å². The van der Waals surface area contributed by atoms with Crippen molar-refractivity contribution in [3.05, 3.63) is 29.3 Å². The van der Waals surface area contributed by atoms with Crippen LogP contribution in [-0.4, -0.2) is 19.7 Å². The predicted molar refractivity (Wildman–Crippen MR) is 71.0 cm³/mol. The van der Waals surface area contributed by atoms with Crippen molar-refractivity contribution in [2.45, 2.75) is 26.7 Å². The molecule has 1 aliphatic heterocycles. The summed E-state index contributed by atoms with van der Waals surface area (Å²) in [7, 11) is 0. The molecule has 1 fully saturated rings. The lowest BCUT2D eigenvalue weighted by Crippen LogP contribution is -2.36. The van der Waals surface area contributed by atoms with Gasteiger partial charge in [0.2, 0.25) is 0 Å². The number of anilines is 1. The second-order valence-electron chi connectivity index (χ2n) is 5.00. The van der Waals surface area contributed by atoms with Crippen LogP contribution < -0.4 is 10.8 Å². The summed E-state index contributed by atoms with van der Waals surface area (Å²) in [5.41, 5.74) is 4.16. The van der Waals surface area contributed by atoms with Crippen molar-refractivity contribution in [1.29, 1.82) is 0 Å². The molecule has 0 amide bonds. The van der Waals surface area contributed by atoms with Crippen molar-refractivity contribution < 1.29 is 4.84 Å². The Morgan fingerprint density at radius 2 is 1.82 bits per heavy atom. The maximum atomic E-state index is 5.14. The monoisotopic (exact) mass is 234 g/mol. The van der Waals surface area contributed by atoms with E-state index in [1.807, 2.05) is 0 Å². The Balaban J connectivity index is 2.05. The molecule has 17 heavy (non-hydrogen) atoms. The van der Waals surface area contributed by atoms with E-state index in [0.29, 0.717) is 12.5 Å². The summed E-state index contributed by atoms with van der Waals surface area (Å²) in [6, 6.07) is 6.51. The Bertz CT molecular complexity index is 350. The molecule has 0 radical (unpaired) electrons. The average molecular weight is 234 g/mol. The zero-order chi connectivity index (χ0) is 12.3. The Morgan fingerprint density at radius 3 is 2.35 bits per heavy atom. The quantitative estimate of drug-likeness (QED) is 0.816. The van der Waals surface area contributed by atoms with Crippen LogP contribution in [0.4, 0.5) is 5.69 Å². The van der Waals surface area contributed by atoms with Gasteiger partial charge in [-0.05, 0) is 43.7 Å². The van der Waals surface area contributed by atoms with E-state index in [2.05, 4.69) is 36.9 Å². The molecule has 0 unspecified atom stereocenters. The van der Waals surface area contributed by atoms with Gasteiger partial charge in [0.05, 0.1) is 6.61 Å². The predicted octanol–water partition coefficient (Wildman–Crippen LogP) is 2.41. The van der Waals surface area contributed by atoms with Crippen LogP contribution in [0.3, 0.4) is 0 Å². The zero-order valence-electron chi connectivity index (χ0n) is 10.8. The van der Waals surface area contributed by atoms with Gasteiger partial charge in [-0.2, -0.15) is 0 Å². The molecule has 2 N–H and O–H groups in total. The molecule has 1 aromatic carbocycles. The SMILES string of the molecule is Cc1cccc(C)c1N1CCC(CON)CC1. The number of nitrogens with zero attached hydrogens (tertiary/aromatic N) is 1. The maximum Gasteiger partial charge on any atom is 0.0708 e. The first-order valence-corrected chi connectivity index (χ1v) is 6.35. The molecule has 2 rings (SSSR count). The molecule has 0 saturated carbocycles. The number of benzene rings is 1. The minimum Gasteiger partial charge on any atom is -0.371 e. The first-order chi connectivity index (χ1) is 8.22. The Kier molecular flexibility index (Phi) is 4.02. The summed E-state index contributed by atoms with van der Waals surface area (Å²) in [6.07, 6.45) is 2.34. The fourth-order valence-corrected chi connectivity index (χ4v) is 2.76. The summed E-state index contributed by atoms with van der Waals surface area (Å²) in [5.74, 6) is 5.77. The molecule has 94 valence electrons. The number of piperidine rings is 1. The number of hydrogen-bond acceptors (Lipinski definition) is 3. The molecular formula is C14H22N2O. The van der Waals surface area contributed by atoms with Crippen LogP contribution in [0, 0.1) is 19.8 Å². The second kappa shape index (κ2) is 5.52. The Labute approximate surface area is 104 Å². The molecule has 0 atom stereocenters. The van der Waals surface area contributed by atoms with Crippen molar-refractivity contribution >= 4 is 5.69 Å². The van der Waals surface area contributed by atoms with Gasteiger partial charge >= 0.3 is 0 Å². The van der Waals surface area contributed by atoms with E-state index in [1.54, 1.807) is 0 Å². The van der Waals surface area contributed by atoms with Gasteiger partial charge < -0.3 is 9.74 Å². The van der Waals surface area contributed by atoms with Gasteiger partial charge in [-0.15, -0.1) is 0 Å². The van der Waals surface area contributed by atoms with Crippen LogP contribution in [0.2, 0.25) is 0 Å². The molecule has 1 aromatic rings. The Hall–Kier alpha value is -1.06. The van der Waals surface area contributed by atoms with E-state index in [4.69, 9.17) is 10.7 Å². The molecule has 0 bridgehead atoms. The Morgan fingerprint density at radius 1 is 1.24 bits per heavy atom. The van der Waals surface area contributed by atoms with E-state index in [1.165, 1.54) is 29.7 Å². The second-order valence-corrected chi connectivity index (χ2v) is 5.00. The maximum absolute atomic E-state index is 5.14. The third kappa shape index (κ3) is 2.79. The van der Waals surface area contributed by atoms with Crippen molar-refractivity contribution in [2.24, 2.45) is 11.8 Å². The van der Waals surface area contributed by atoms with Gasteiger partial charge in [-0.25, -0.2) is 5.90 Å². The average Bonchev–Trinajstić information content (AvgIpc) is 2.31. The largest absolute Gasteiger partial charge is 0.371 e. The molecule has 0 aromatic heterocycles. The van der Waals surface area contributed by atoms with Crippen molar-refractivity contribution in [2.75, 3.05) is 24.6 Å². The first-order valence-electron chi connectivity index (χ1n) is 6.35. The molecular weight excluding hydrogens is 212 g/mol. The lowest BCUT2D eigenvalue weighted by atomic mass is 9.96. The van der Waals surface area contributed by atoms with E-state index < -0.39 is 0 Å². The summed E-state index contributed by atoms with van der Waals surface area (Å²) >= 11 is 0. The van der Waals surface area contributed by atoms with Gasteiger partial charge in [-0.1, -0.05) is 18.2 Å². The molecule has 1 aliphatic rings. The molecule has 0 aliphatic carbocycles. The smallest absolute Gasteiger partial charge is 0.0708 e. The number of hydrogen-bond donors (Lipinski definition) is 1. The van der Waals surface area contributed by atoms with E-state index in [9.17, 15) is 0 Å². The van der Waals surface area contributed by atoms with Gasteiger partial charge in [-0.3, -0.25) is 0 Å². The fraction of sp³-hybridized carbons (Fsp3) is 0.571. The molecule has 0 spiro atoms. The van der Waals surface area contributed by atoms with E-state index >= 15 is 0 Å². The highest BCUT2D eigenvalue weighted by Gasteiger charge is 2.21. The topological polar surface area (TPSA) is 38.5 Å². The normalized spacial score (nSPS) is 17.5. The van der Waals surface area contributed by atoms with E-state index in [0.717, 1.165) is 13.1 Å². The molecule has 1 saturated heterocycles.